The second kappa shape index (κ2) is 6.47. The van der Waals surface area contributed by atoms with Crippen molar-refractivity contribution in [3.8, 4) is 0 Å². The average molecular weight is 269 g/mol. The molecule has 0 atom stereocenters. The fourth-order valence-corrected chi connectivity index (χ4v) is 1.65. The van der Waals surface area contributed by atoms with Gasteiger partial charge in [0.15, 0.2) is 0 Å². The summed E-state index contributed by atoms with van der Waals surface area (Å²) in [5, 5.41) is 0. The molecule has 1 aromatic carbocycles. The minimum Gasteiger partial charge on any atom is -0.267 e. The Morgan fingerprint density at radius 2 is 1.40 bits per heavy atom. The van der Waals surface area contributed by atoms with Crippen molar-refractivity contribution in [2.24, 2.45) is 0 Å². The molecule has 0 aliphatic heterocycles. The maximum Gasteiger partial charge on any atom is 0.269 e. The van der Waals surface area contributed by atoms with Gasteiger partial charge in [-0.25, -0.2) is 0 Å². The molecular weight excluding hydrogens is 254 g/mol. The van der Waals surface area contributed by atoms with E-state index >= 15 is 0 Å². The topological polar surface area (TPSA) is 71.1 Å². The van der Waals surface area contributed by atoms with Gasteiger partial charge >= 0.3 is 0 Å². The zero-order valence-electron chi connectivity index (χ0n) is 11.1. The van der Waals surface area contributed by atoms with Gasteiger partial charge in [0, 0.05) is 23.5 Å². The lowest BCUT2D eigenvalue weighted by molar-refractivity contribution is 0.0846. The minimum absolute atomic E-state index is 0.352. The predicted octanol–water partition coefficient (Wildman–Crippen LogP) is 1.72. The van der Waals surface area contributed by atoms with E-state index in [-0.39, 0.29) is 11.8 Å². The summed E-state index contributed by atoms with van der Waals surface area (Å²) in [7, 11) is 0. The summed E-state index contributed by atoms with van der Waals surface area (Å²) in [6.45, 7) is 2.05. The molecule has 2 N–H and O–H groups in total. The Morgan fingerprint density at radius 3 is 1.90 bits per heavy atom. The minimum atomic E-state index is -0.383. The van der Waals surface area contributed by atoms with Crippen molar-refractivity contribution in [2.75, 3.05) is 0 Å². The predicted molar refractivity (Wildman–Crippen MR) is 75.0 cm³/mol. The van der Waals surface area contributed by atoms with E-state index in [1.807, 2.05) is 19.1 Å². The number of hydrogen-bond acceptors (Lipinski definition) is 3. The van der Waals surface area contributed by atoms with Gasteiger partial charge in [-0.05, 0) is 36.2 Å². The molecular formula is C15H15N3O2. The third-order valence-electron chi connectivity index (χ3n) is 2.86. The van der Waals surface area contributed by atoms with Crippen LogP contribution in [0.5, 0.6) is 0 Å². The van der Waals surface area contributed by atoms with E-state index in [0.717, 1.165) is 12.0 Å². The summed E-state index contributed by atoms with van der Waals surface area (Å²) in [5.41, 5.74) is 6.82. The van der Waals surface area contributed by atoms with Gasteiger partial charge in [-0.15, -0.1) is 0 Å². The zero-order chi connectivity index (χ0) is 14.4. The van der Waals surface area contributed by atoms with E-state index in [1.54, 1.807) is 24.3 Å². The van der Waals surface area contributed by atoms with Crippen LogP contribution in [0.3, 0.4) is 0 Å². The molecule has 1 aromatic heterocycles. The van der Waals surface area contributed by atoms with Gasteiger partial charge in [0.1, 0.15) is 0 Å². The van der Waals surface area contributed by atoms with E-state index in [2.05, 4.69) is 15.8 Å². The first-order valence-electron chi connectivity index (χ1n) is 6.30. The SMILES string of the molecule is CCc1ccc(C(=O)NNC(=O)c2ccncc2)cc1. The number of carbonyl (C=O) groups excluding carboxylic acids is 2. The fraction of sp³-hybridized carbons (Fsp3) is 0.133. The first-order chi connectivity index (χ1) is 9.70. The molecule has 0 fully saturated rings. The third kappa shape index (κ3) is 3.41. The van der Waals surface area contributed by atoms with Crippen LogP contribution < -0.4 is 10.9 Å². The molecule has 5 heteroatoms. The van der Waals surface area contributed by atoms with Crippen LogP contribution in [0, 0.1) is 0 Å². The summed E-state index contributed by atoms with van der Waals surface area (Å²) < 4.78 is 0. The zero-order valence-corrected chi connectivity index (χ0v) is 11.1. The number of nitrogens with one attached hydrogen (secondary N) is 2. The number of hydrogen-bond donors (Lipinski definition) is 2. The lowest BCUT2D eigenvalue weighted by atomic mass is 10.1. The van der Waals surface area contributed by atoms with Crippen LogP contribution in [0.2, 0.25) is 0 Å². The van der Waals surface area contributed by atoms with E-state index < -0.39 is 0 Å². The fourth-order valence-electron chi connectivity index (χ4n) is 1.65. The molecule has 0 unspecified atom stereocenters. The maximum atomic E-state index is 11.8. The summed E-state index contributed by atoms with van der Waals surface area (Å²) >= 11 is 0. The highest BCUT2D eigenvalue weighted by molar-refractivity contribution is 5.98. The highest BCUT2D eigenvalue weighted by atomic mass is 16.2. The number of aryl methyl sites for hydroxylation is 1. The molecule has 2 amide bonds. The van der Waals surface area contributed by atoms with Crippen molar-refractivity contribution in [1.29, 1.82) is 0 Å². The van der Waals surface area contributed by atoms with Gasteiger partial charge in [-0.3, -0.25) is 25.4 Å². The number of pyridine rings is 1. The van der Waals surface area contributed by atoms with Gasteiger partial charge < -0.3 is 0 Å². The molecule has 0 radical (unpaired) electrons. The second-order valence-electron chi connectivity index (χ2n) is 4.19. The lowest BCUT2D eigenvalue weighted by Gasteiger charge is -2.07. The molecule has 5 nitrogen and oxygen atoms in total. The highest BCUT2D eigenvalue weighted by Crippen LogP contribution is 2.04. The first kappa shape index (κ1) is 13.7. The van der Waals surface area contributed by atoms with E-state index in [1.165, 1.54) is 12.4 Å². The van der Waals surface area contributed by atoms with Crippen LogP contribution in [0.4, 0.5) is 0 Å². The smallest absolute Gasteiger partial charge is 0.267 e. The van der Waals surface area contributed by atoms with E-state index in [9.17, 15) is 9.59 Å². The van der Waals surface area contributed by atoms with Crippen molar-refractivity contribution in [3.63, 3.8) is 0 Å². The molecule has 0 aliphatic rings. The number of aromatic nitrogens is 1. The van der Waals surface area contributed by atoms with Gasteiger partial charge in [-0.1, -0.05) is 19.1 Å². The van der Waals surface area contributed by atoms with Gasteiger partial charge in [0.2, 0.25) is 0 Å². The molecule has 0 saturated heterocycles. The Hall–Kier alpha value is -2.69. The standard InChI is InChI=1S/C15H15N3O2/c1-2-11-3-5-12(6-4-11)14(19)17-18-15(20)13-7-9-16-10-8-13/h3-10H,2H2,1H3,(H,17,19)(H,18,20). The van der Waals surface area contributed by atoms with Crippen LogP contribution in [0.15, 0.2) is 48.8 Å². The number of amides is 2. The quantitative estimate of drug-likeness (QED) is 0.833. The van der Waals surface area contributed by atoms with Gasteiger partial charge in [0.25, 0.3) is 11.8 Å². The second-order valence-corrected chi connectivity index (χ2v) is 4.19. The Kier molecular flexibility index (Phi) is 4.44. The highest BCUT2D eigenvalue weighted by Gasteiger charge is 2.08. The summed E-state index contributed by atoms with van der Waals surface area (Å²) in [4.78, 5) is 27.4. The average Bonchev–Trinajstić information content (AvgIpc) is 2.53. The lowest BCUT2D eigenvalue weighted by Crippen LogP contribution is -2.41. The summed E-state index contributed by atoms with van der Waals surface area (Å²) in [6.07, 6.45) is 3.95. The van der Waals surface area contributed by atoms with Gasteiger partial charge in [-0.2, -0.15) is 0 Å². The van der Waals surface area contributed by atoms with Crippen molar-refractivity contribution in [1.82, 2.24) is 15.8 Å². The molecule has 2 rings (SSSR count). The van der Waals surface area contributed by atoms with Crippen LogP contribution in [0.1, 0.15) is 33.2 Å². The van der Waals surface area contributed by atoms with E-state index in [0.29, 0.717) is 11.1 Å². The number of hydrazine groups is 1. The van der Waals surface area contributed by atoms with Crippen molar-refractivity contribution >= 4 is 11.8 Å². The Morgan fingerprint density at radius 1 is 0.900 bits per heavy atom. The molecule has 0 spiro atoms. The monoisotopic (exact) mass is 269 g/mol. The normalized spacial score (nSPS) is 9.85. The Bertz CT molecular complexity index is 594. The molecule has 0 saturated carbocycles. The molecule has 0 aliphatic carbocycles. The molecule has 1 heterocycles. The maximum absolute atomic E-state index is 11.8. The van der Waals surface area contributed by atoms with Crippen molar-refractivity contribution in [3.05, 3.63) is 65.5 Å². The molecule has 20 heavy (non-hydrogen) atoms. The van der Waals surface area contributed by atoms with Crippen LogP contribution in [-0.2, 0) is 6.42 Å². The first-order valence-corrected chi connectivity index (χ1v) is 6.30. The van der Waals surface area contributed by atoms with E-state index in [4.69, 9.17) is 0 Å². The van der Waals surface area contributed by atoms with Crippen LogP contribution in [0.25, 0.3) is 0 Å². The van der Waals surface area contributed by atoms with Gasteiger partial charge in [0.05, 0.1) is 0 Å². The summed E-state index contributed by atoms with van der Waals surface area (Å²) in [5.74, 6) is -0.735. The Balaban J connectivity index is 1.93. The van der Waals surface area contributed by atoms with Crippen molar-refractivity contribution < 1.29 is 9.59 Å². The molecule has 2 aromatic rings. The number of benzene rings is 1. The van der Waals surface area contributed by atoms with Crippen LogP contribution in [-0.4, -0.2) is 16.8 Å². The number of carbonyl (C=O) groups is 2. The Labute approximate surface area is 117 Å². The van der Waals surface area contributed by atoms with Crippen molar-refractivity contribution in [2.45, 2.75) is 13.3 Å². The largest absolute Gasteiger partial charge is 0.269 e. The van der Waals surface area contributed by atoms with Crippen LogP contribution >= 0.6 is 0 Å². The molecule has 102 valence electrons. The number of nitrogens with zero attached hydrogens (tertiary/aromatic N) is 1. The number of rotatable bonds is 3. The molecule has 0 bridgehead atoms. The summed E-state index contributed by atoms with van der Waals surface area (Å²) in [6, 6.07) is 10.4. The third-order valence-corrected chi connectivity index (χ3v) is 2.86.